The average molecular weight is 371 g/mol. The Morgan fingerprint density at radius 3 is 2.56 bits per heavy atom. The van der Waals surface area contributed by atoms with Crippen LogP contribution in [0, 0.1) is 6.92 Å². The minimum atomic E-state index is -0.480. The summed E-state index contributed by atoms with van der Waals surface area (Å²) in [5.74, 6) is -0.225. The zero-order valence-corrected chi connectivity index (χ0v) is 15.7. The quantitative estimate of drug-likeness (QED) is 0.857. The molecular weight excluding hydrogens is 346 g/mol. The molecule has 7 nitrogen and oxygen atoms in total. The Labute approximate surface area is 158 Å². The Balaban J connectivity index is 1.79. The van der Waals surface area contributed by atoms with Crippen molar-refractivity contribution >= 4 is 6.09 Å². The van der Waals surface area contributed by atoms with Crippen molar-refractivity contribution in [1.82, 2.24) is 14.8 Å². The van der Waals surface area contributed by atoms with Gasteiger partial charge in [0.1, 0.15) is 0 Å². The number of ether oxygens (including phenoxy) is 1. The molecular formula is C20H25N3O4. The lowest BCUT2D eigenvalue weighted by Gasteiger charge is -2.34. The number of nitrogens with one attached hydrogen (secondary N) is 1. The average Bonchev–Trinajstić information content (AvgIpc) is 2.69. The van der Waals surface area contributed by atoms with Gasteiger partial charge in [0.25, 0.3) is 5.56 Å². The van der Waals surface area contributed by atoms with Gasteiger partial charge in [0.2, 0.25) is 0 Å². The third kappa shape index (κ3) is 4.31. The van der Waals surface area contributed by atoms with Crippen LogP contribution in [0.5, 0.6) is 5.75 Å². The molecule has 0 saturated carbocycles. The molecule has 1 fully saturated rings. The number of aromatic hydroxyl groups is 1. The highest BCUT2D eigenvalue weighted by atomic mass is 16.5. The number of benzene rings is 1. The highest BCUT2D eigenvalue weighted by Gasteiger charge is 2.23. The van der Waals surface area contributed by atoms with Gasteiger partial charge >= 0.3 is 6.09 Å². The maximum atomic E-state index is 11.9. The number of methoxy groups -OCH3 is 1. The predicted molar refractivity (Wildman–Crippen MR) is 102 cm³/mol. The van der Waals surface area contributed by atoms with E-state index in [1.54, 1.807) is 11.1 Å². The number of pyridine rings is 1. The first kappa shape index (κ1) is 19.0. The number of hydrogen-bond donors (Lipinski definition) is 2. The molecule has 0 atom stereocenters. The molecule has 27 heavy (non-hydrogen) atoms. The Morgan fingerprint density at radius 1 is 1.19 bits per heavy atom. The molecule has 0 unspecified atom stereocenters. The topological polar surface area (TPSA) is 85.9 Å². The van der Waals surface area contributed by atoms with Gasteiger partial charge in [0.05, 0.1) is 7.11 Å². The standard InChI is InChI=1S/C20H25N3O4/c1-14-5-3-4-6-15(14)11-16-12-21-19(25)18(24)17(16)13-22-7-9-23(10-8-22)20(26)27-2/h3-6,12,24H,7-11,13H2,1-2H3,(H,21,25). The summed E-state index contributed by atoms with van der Waals surface area (Å²) in [6.45, 7) is 4.95. The summed E-state index contributed by atoms with van der Waals surface area (Å²) in [4.78, 5) is 30.0. The molecule has 2 N–H and O–H groups in total. The molecule has 0 bridgehead atoms. The van der Waals surface area contributed by atoms with Crippen molar-refractivity contribution < 1.29 is 14.6 Å². The van der Waals surface area contributed by atoms with E-state index in [2.05, 4.69) is 16.0 Å². The number of rotatable bonds is 4. The van der Waals surface area contributed by atoms with Crippen molar-refractivity contribution in [1.29, 1.82) is 0 Å². The molecule has 1 aliphatic heterocycles. The molecule has 2 aromatic rings. The van der Waals surface area contributed by atoms with Crippen molar-refractivity contribution in [3.8, 4) is 5.75 Å². The monoisotopic (exact) mass is 371 g/mol. The molecule has 1 aliphatic rings. The van der Waals surface area contributed by atoms with Gasteiger partial charge in [0.15, 0.2) is 5.75 Å². The maximum absolute atomic E-state index is 11.9. The van der Waals surface area contributed by atoms with Gasteiger partial charge in [-0.1, -0.05) is 24.3 Å². The minimum Gasteiger partial charge on any atom is -0.503 e. The largest absolute Gasteiger partial charge is 0.503 e. The first-order valence-electron chi connectivity index (χ1n) is 9.01. The Hall–Kier alpha value is -2.80. The Morgan fingerprint density at radius 2 is 1.89 bits per heavy atom. The predicted octanol–water partition coefficient (Wildman–Crippen LogP) is 1.86. The lowest BCUT2D eigenvalue weighted by atomic mass is 9.97. The molecule has 0 aliphatic carbocycles. The highest BCUT2D eigenvalue weighted by Crippen LogP contribution is 2.23. The number of carbonyl (C=O) groups is 1. The first-order chi connectivity index (χ1) is 13.0. The summed E-state index contributed by atoms with van der Waals surface area (Å²) in [6, 6.07) is 8.08. The van der Waals surface area contributed by atoms with Gasteiger partial charge in [-0.05, 0) is 30.0 Å². The van der Waals surface area contributed by atoms with Crippen LogP contribution in [-0.4, -0.2) is 59.3 Å². The van der Waals surface area contributed by atoms with E-state index in [4.69, 9.17) is 4.74 Å². The number of hydrogen-bond acceptors (Lipinski definition) is 5. The Kier molecular flexibility index (Phi) is 5.81. The van der Waals surface area contributed by atoms with Gasteiger partial charge in [-0.25, -0.2) is 4.79 Å². The molecule has 2 heterocycles. The molecule has 3 rings (SSSR count). The number of aromatic nitrogens is 1. The summed E-state index contributed by atoms with van der Waals surface area (Å²) < 4.78 is 4.76. The zero-order chi connectivity index (χ0) is 19.4. The normalized spacial score (nSPS) is 15.0. The second-order valence-corrected chi connectivity index (χ2v) is 6.81. The van der Waals surface area contributed by atoms with Crippen LogP contribution in [0.2, 0.25) is 0 Å². The van der Waals surface area contributed by atoms with E-state index in [9.17, 15) is 14.7 Å². The van der Waals surface area contributed by atoms with E-state index in [0.29, 0.717) is 44.7 Å². The number of amides is 1. The van der Waals surface area contributed by atoms with Gasteiger partial charge in [0, 0.05) is 44.5 Å². The number of carbonyl (C=O) groups excluding carboxylic acids is 1. The zero-order valence-electron chi connectivity index (χ0n) is 15.7. The third-order valence-corrected chi connectivity index (χ3v) is 5.10. The summed E-state index contributed by atoms with van der Waals surface area (Å²) in [5, 5.41) is 10.4. The molecule has 144 valence electrons. The molecule has 1 aromatic carbocycles. The van der Waals surface area contributed by atoms with Crippen LogP contribution in [0.4, 0.5) is 4.79 Å². The summed E-state index contributed by atoms with van der Waals surface area (Å²) >= 11 is 0. The highest BCUT2D eigenvalue weighted by molar-refractivity contribution is 5.67. The number of aromatic amines is 1. The fraction of sp³-hybridized carbons (Fsp3) is 0.400. The van der Waals surface area contributed by atoms with Crippen LogP contribution < -0.4 is 5.56 Å². The molecule has 0 radical (unpaired) electrons. The van der Waals surface area contributed by atoms with Gasteiger partial charge in [-0.3, -0.25) is 9.69 Å². The third-order valence-electron chi connectivity index (χ3n) is 5.10. The van der Waals surface area contributed by atoms with Crippen LogP contribution in [0.15, 0.2) is 35.3 Å². The molecule has 1 aromatic heterocycles. The van der Waals surface area contributed by atoms with Crippen molar-refractivity contribution in [3.05, 3.63) is 63.1 Å². The van der Waals surface area contributed by atoms with Crippen LogP contribution in [0.3, 0.4) is 0 Å². The van der Waals surface area contributed by atoms with Crippen LogP contribution in [0.25, 0.3) is 0 Å². The lowest BCUT2D eigenvalue weighted by molar-refractivity contribution is 0.0885. The van der Waals surface area contributed by atoms with E-state index in [-0.39, 0.29) is 11.8 Å². The fourth-order valence-corrected chi connectivity index (χ4v) is 3.39. The number of nitrogens with zero attached hydrogens (tertiary/aromatic N) is 2. The van der Waals surface area contributed by atoms with Gasteiger partial charge in [-0.2, -0.15) is 0 Å². The summed E-state index contributed by atoms with van der Waals surface area (Å²) in [7, 11) is 1.38. The minimum absolute atomic E-state index is 0.225. The Bertz CT molecular complexity index is 870. The van der Waals surface area contributed by atoms with Crippen LogP contribution >= 0.6 is 0 Å². The van der Waals surface area contributed by atoms with Crippen molar-refractivity contribution in [3.63, 3.8) is 0 Å². The maximum Gasteiger partial charge on any atom is 0.409 e. The fourth-order valence-electron chi connectivity index (χ4n) is 3.39. The second kappa shape index (κ2) is 8.26. The lowest BCUT2D eigenvalue weighted by Crippen LogP contribution is -2.48. The van der Waals surface area contributed by atoms with E-state index >= 15 is 0 Å². The number of piperazine rings is 1. The van der Waals surface area contributed by atoms with E-state index in [0.717, 1.165) is 11.1 Å². The molecule has 0 spiro atoms. The van der Waals surface area contributed by atoms with Crippen LogP contribution in [0.1, 0.15) is 22.3 Å². The number of aryl methyl sites for hydroxylation is 1. The van der Waals surface area contributed by atoms with E-state index in [1.807, 2.05) is 25.1 Å². The van der Waals surface area contributed by atoms with Crippen LogP contribution in [-0.2, 0) is 17.7 Å². The summed E-state index contributed by atoms with van der Waals surface area (Å²) in [6.07, 6.45) is 2.00. The molecule has 7 heteroatoms. The van der Waals surface area contributed by atoms with Gasteiger partial charge in [-0.15, -0.1) is 0 Å². The van der Waals surface area contributed by atoms with Crippen molar-refractivity contribution in [2.24, 2.45) is 0 Å². The van der Waals surface area contributed by atoms with E-state index < -0.39 is 5.56 Å². The molecule has 1 saturated heterocycles. The molecule has 1 amide bonds. The SMILES string of the molecule is COC(=O)N1CCN(Cc2c(Cc3ccccc3C)c[nH]c(=O)c2O)CC1. The van der Waals surface area contributed by atoms with Crippen molar-refractivity contribution in [2.45, 2.75) is 19.9 Å². The second-order valence-electron chi connectivity index (χ2n) is 6.81. The van der Waals surface area contributed by atoms with Gasteiger partial charge < -0.3 is 19.7 Å². The smallest absolute Gasteiger partial charge is 0.409 e. The summed E-state index contributed by atoms with van der Waals surface area (Å²) in [5.41, 5.74) is 3.39. The first-order valence-corrected chi connectivity index (χ1v) is 9.01. The number of H-pyrrole nitrogens is 1. The van der Waals surface area contributed by atoms with E-state index in [1.165, 1.54) is 12.7 Å². The van der Waals surface area contributed by atoms with Crippen molar-refractivity contribution in [2.75, 3.05) is 33.3 Å².